The van der Waals surface area contributed by atoms with Gasteiger partial charge in [0, 0.05) is 26.2 Å². The van der Waals surface area contributed by atoms with Crippen LogP contribution in [0.25, 0.3) is 0 Å². The van der Waals surface area contributed by atoms with Crippen LogP contribution in [0.1, 0.15) is 46.0 Å². The zero-order chi connectivity index (χ0) is 12.8. The van der Waals surface area contributed by atoms with Gasteiger partial charge in [0.25, 0.3) is 0 Å². The van der Waals surface area contributed by atoms with Crippen molar-refractivity contribution in [2.75, 3.05) is 46.4 Å². The van der Waals surface area contributed by atoms with E-state index < -0.39 is 0 Å². The summed E-state index contributed by atoms with van der Waals surface area (Å²) in [4.78, 5) is 2.42. The maximum Gasteiger partial charge on any atom is 0.0594 e. The van der Waals surface area contributed by atoms with Crippen LogP contribution in [0.2, 0.25) is 0 Å². The predicted octanol–water partition coefficient (Wildman–Crippen LogP) is 2.51. The molecule has 0 amide bonds. The summed E-state index contributed by atoms with van der Waals surface area (Å²) in [7, 11) is 1.99. The summed E-state index contributed by atoms with van der Waals surface area (Å²) in [5.41, 5.74) is 0. The molecule has 0 bridgehead atoms. The van der Waals surface area contributed by atoms with Gasteiger partial charge in [-0.05, 0) is 7.05 Å². The lowest BCUT2D eigenvalue weighted by Gasteiger charge is -2.26. The second-order valence-corrected chi connectivity index (χ2v) is 4.62. The van der Waals surface area contributed by atoms with Gasteiger partial charge in [-0.1, -0.05) is 46.0 Å². The van der Waals surface area contributed by atoms with Crippen LogP contribution in [0.15, 0.2) is 0 Å². The van der Waals surface area contributed by atoms with Crippen molar-refractivity contribution in [2.24, 2.45) is 0 Å². The minimum absolute atomic E-state index is 0.906. The minimum Gasteiger partial charge on any atom is -0.379 e. The first-order chi connectivity index (χ1) is 8.35. The Morgan fingerprint density at radius 2 is 1.59 bits per heavy atom. The number of unbranched alkanes of at least 4 members (excludes halogenated alkanes) is 4. The van der Waals surface area contributed by atoms with E-state index in [1.807, 2.05) is 7.05 Å². The van der Waals surface area contributed by atoms with E-state index >= 15 is 0 Å². The highest BCUT2D eigenvalue weighted by molar-refractivity contribution is 4.61. The fraction of sp³-hybridized carbons (Fsp3) is 1.00. The summed E-state index contributed by atoms with van der Waals surface area (Å²) >= 11 is 0. The van der Waals surface area contributed by atoms with Crippen molar-refractivity contribution in [3.8, 4) is 0 Å². The molecule has 104 valence electrons. The average Bonchev–Trinajstić information content (AvgIpc) is 2.39. The summed E-state index contributed by atoms with van der Waals surface area (Å²) in [6.07, 6.45) is 7.01. The molecule has 0 saturated carbocycles. The van der Waals surface area contributed by atoms with Crippen LogP contribution in [0.4, 0.5) is 0 Å². The van der Waals surface area contributed by atoms with Crippen LogP contribution in [-0.4, -0.2) is 51.3 Å². The second-order valence-electron chi connectivity index (χ2n) is 4.62. The molecule has 0 unspecified atom stereocenters. The molecule has 1 heterocycles. The van der Waals surface area contributed by atoms with E-state index in [0.717, 1.165) is 39.4 Å². The summed E-state index contributed by atoms with van der Waals surface area (Å²) in [5.74, 6) is 0. The Hall–Kier alpha value is -0.120. The van der Waals surface area contributed by atoms with Gasteiger partial charge < -0.3 is 10.1 Å². The predicted molar refractivity (Wildman–Crippen MR) is 75.6 cm³/mol. The van der Waals surface area contributed by atoms with E-state index in [2.05, 4.69) is 24.1 Å². The van der Waals surface area contributed by atoms with Crippen LogP contribution >= 0.6 is 0 Å². The van der Waals surface area contributed by atoms with Crippen molar-refractivity contribution in [3.05, 3.63) is 0 Å². The highest BCUT2D eigenvalue weighted by Crippen LogP contribution is 2.00. The number of morpholine rings is 1. The molecule has 0 radical (unpaired) electrons. The summed E-state index contributed by atoms with van der Waals surface area (Å²) in [6, 6.07) is 0. The fourth-order valence-electron chi connectivity index (χ4n) is 1.77. The van der Waals surface area contributed by atoms with Crippen molar-refractivity contribution in [3.63, 3.8) is 0 Å². The summed E-state index contributed by atoms with van der Waals surface area (Å²) in [6.45, 7) is 10.7. The van der Waals surface area contributed by atoms with Crippen LogP contribution in [-0.2, 0) is 4.74 Å². The lowest BCUT2D eigenvalue weighted by atomic mass is 10.2. The quantitative estimate of drug-likeness (QED) is 0.697. The summed E-state index contributed by atoms with van der Waals surface area (Å²) < 4.78 is 5.22. The van der Waals surface area contributed by atoms with E-state index in [0.29, 0.717) is 0 Å². The third-order valence-electron chi connectivity index (χ3n) is 2.99. The molecule has 1 aliphatic heterocycles. The Balaban J connectivity index is 0.000000325. The van der Waals surface area contributed by atoms with Gasteiger partial charge >= 0.3 is 0 Å². The Bertz CT molecular complexity index is 132. The zero-order valence-corrected chi connectivity index (χ0v) is 12.1. The lowest BCUT2D eigenvalue weighted by molar-refractivity contribution is 0.0386. The molecule has 0 spiro atoms. The van der Waals surface area contributed by atoms with Crippen LogP contribution in [0, 0.1) is 0 Å². The minimum atomic E-state index is 0.906. The van der Waals surface area contributed by atoms with Gasteiger partial charge in [-0.2, -0.15) is 0 Å². The standard InChI is InChI=1S/C7H16N2O.C7H16/c1-8-2-3-9-4-6-10-7-5-9;1-3-5-7-6-4-2/h8H,2-7H2,1H3;3-7H2,1-2H3. The van der Waals surface area contributed by atoms with E-state index in [4.69, 9.17) is 4.74 Å². The normalized spacial score (nSPS) is 16.4. The van der Waals surface area contributed by atoms with Crippen molar-refractivity contribution >= 4 is 0 Å². The molecular formula is C14H32N2O. The highest BCUT2D eigenvalue weighted by Gasteiger charge is 2.07. The smallest absolute Gasteiger partial charge is 0.0594 e. The molecule has 1 N–H and O–H groups in total. The van der Waals surface area contributed by atoms with Crippen LogP contribution in [0.5, 0.6) is 0 Å². The van der Waals surface area contributed by atoms with Crippen molar-refractivity contribution < 1.29 is 4.74 Å². The first kappa shape index (κ1) is 16.9. The van der Waals surface area contributed by atoms with E-state index in [-0.39, 0.29) is 0 Å². The average molecular weight is 244 g/mol. The molecule has 0 aromatic rings. The summed E-state index contributed by atoms with van der Waals surface area (Å²) in [5, 5.41) is 3.13. The topological polar surface area (TPSA) is 24.5 Å². The van der Waals surface area contributed by atoms with E-state index in [9.17, 15) is 0 Å². The van der Waals surface area contributed by atoms with E-state index in [1.54, 1.807) is 0 Å². The van der Waals surface area contributed by atoms with Crippen molar-refractivity contribution in [2.45, 2.75) is 46.0 Å². The number of ether oxygens (including phenoxy) is 1. The van der Waals surface area contributed by atoms with E-state index in [1.165, 1.54) is 32.1 Å². The fourth-order valence-corrected chi connectivity index (χ4v) is 1.77. The Labute approximate surface area is 108 Å². The molecular weight excluding hydrogens is 212 g/mol. The van der Waals surface area contributed by atoms with Crippen LogP contribution < -0.4 is 5.32 Å². The zero-order valence-electron chi connectivity index (χ0n) is 12.1. The van der Waals surface area contributed by atoms with Gasteiger partial charge in [0.05, 0.1) is 13.2 Å². The molecule has 1 aliphatic rings. The lowest BCUT2D eigenvalue weighted by Crippen LogP contribution is -2.39. The molecule has 1 rings (SSSR count). The van der Waals surface area contributed by atoms with Crippen molar-refractivity contribution in [1.29, 1.82) is 0 Å². The molecule has 1 saturated heterocycles. The van der Waals surface area contributed by atoms with Gasteiger partial charge in [-0.15, -0.1) is 0 Å². The Morgan fingerprint density at radius 1 is 1.00 bits per heavy atom. The molecule has 0 aliphatic carbocycles. The largest absolute Gasteiger partial charge is 0.379 e. The van der Waals surface area contributed by atoms with Gasteiger partial charge in [-0.3, -0.25) is 4.90 Å². The number of hydrogen-bond acceptors (Lipinski definition) is 3. The number of rotatable bonds is 7. The van der Waals surface area contributed by atoms with Gasteiger partial charge in [0.15, 0.2) is 0 Å². The second kappa shape index (κ2) is 13.9. The van der Waals surface area contributed by atoms with Crippen molar-refractivity contribution in [1.82, 2.24) is 10.2 Å². The Morgan fingerprint density at radius 3 is 2.06 bits per heavy atom. The maximum absolute atomic E-state index is 5.22. The SMILES string of the molecule is CCCCCCC.CNCCN1CCOCC1. The maximum atomic E-state index is 5.22. The highest BCUT2D eigenvalue weighted by atomic mass is 16.5. The molecule has 0 aromatic carbocycles. The monoisotopic (exact) mass is 244 g/mol. The Kier molecular flexibility index (Phi) is 13.8. The number of nitrogens with zero attached hydrogens (tertiary/aromatic N) is 1. The third kappa shape index (κ3) is 12.1. The molecule has 3 nitrogen and oxygen atoms in total. The number of likely N-dealkylation sites (N-methyl/N-ethyl adjacent to an activating group) is 1. The molecule has 0 atom stereocenters. The number of hydrogen-bond donors (Lipinski definition) is 1. The number of nitrogens with one attached hydrogen (secondary N) is 1. The first-order valence-corrected chi connectivity index (χ1v) is 7.29. The molecule has 0 aromatic heterocycles. The van der Waals surface area contributed by atoms with Gasteiger partial charge in [0.2, 0.25) is 0 Å². The van der Waals surface area contributed by atoms with Gasteiger partial charge in [-0.25, -0.2) is 0 Å². The van der Waals surface area contributed by atoms with Crippen LogP contribution in [0.3, 0.4) is 0 Å². The third-order valence-corrected chi connectivity index (χ3v) is 2.99. The molecule has 17 heavy (non-hydrogen) atoms. The molecule has 1 fully saturated rings. The first-order valence-electron chi connectivity index (χ1n) is 7.29. The van der Waals surface area contributed by atoms with Gasteiger partial charge in [0.1, 0.15) is 0 Å². The molecule has 3 heteroatoms.